The number of hydrogen-bond donors (Lipinski definition) is 1. The molecular weight excluding hydrogens is 775 g/mol. The number of nitrogens with one attached hydrogen (secondary N) is 1. The number of likely N-dealkylation sites (N-methyl/N-ethyl adjacent to an activating group) is 1. The highest BCUT2D eigenvalue weighted by molar-refractivity contribution is 5.94. The summed E-state index contributed by atoms with van der Waals surface area (Å²) in [6.45, 7) is 6.45. The Bertz CT molecular complexity index is 2670. The predicted molar refractivity (Wildman–Crippen MR) is 219 cm³/mol. The normalized spacial score (nSPS) is 25.3. The molecular formula is C42H44F2N12O4. The number of fused-ring (bicyclic) bond motifs is 10. The van der Waals surface area contributed by atoms with E-state index >= 15 is 4.39 Å². The molecule has 4 aromatic heterocycles. The Labute approximate surface area is 343 Å². The minimum Gasteiger partial charge on any atom is -0.490 e. The Hall–Kier alpha value is -5.98. The molecule has 0 radical (unpaired) electrons. The first-order valence-electron chi connectivity index (χ1n) is 20.4. The summed E-state index contributed by atoms with van der Waals surface area (Å²) < 4.78 is 52.2. The van der Waals surface area contributed by atoms with E-state index < -0.39 is 23.8 Å². The zero-order valence-electron chi connectivity index (χ0n) is 33.5. The van der Waals surface area contributed by atoms with Crippen molar-refractivity contribution >= 4 is 45.6 Å². The van der Waals surface area contributed by atoms with Gasteiger partial charge < -0.3 is 38.8 Å². The van der Waals surface area contributed by atoms with Crippen LogP contribution >= 0.6 is 0 Å². The summed E-state index contributed by atoms with van der Waals surface area (Å²) in [7, 11) is 3.43. The minimum atomic E-state index is -0.646. The monoisotopic (exact) mass is 818 g/mol. The Balaban J connectivity index is 1.06. The van der Waals surface area contributed by atoms with E-state index in [1.165, 1.54) is 24.3 Å². The molecule has 16 nitrogen and oxygen atoms in total. The first kappa shape index (κ1) is 37.1. The molecule has 11 rings (SSSR count). The number of morpholine rings is 1. The third-order valence-corrected chi connectivity index (χ3v) is 12.7. The summed E-state index contributed by atoms with van der Waals surface area (Å²) in [5.41, 5.74) is 3.52. The van der Waals surface area contributed by atoms with Crippen molar-refractivity contribution < 1.29 is 27.8 Å². The molecule has 6 aromatic rings. The number of anilines is 3. The second-order valence-corrected chi connectivity index (χ2v) is 16.4. The number of aromatic nitrogens is 7. The van der Waals surface area contributed by atoms with Gasteiger partial charge in [-0.1, -0.05) is 6.07 Å². The summed E-state index contributed by atoms with van der Waals surface area (Å²) in [4.78, 5) is 43.5. The van der Waals surface area contributed by atoms with Crippen LogP contribution in [0.25, 0.3) is 39.0 Å². The van der Waals surface area contributed by atoms with Gasteiger partial charge >= 0.3 is 0 Å². The van der Waals surface area contributed by atoms with Gasteiger partial charge in [0.2, 0.25) is 11.9 Å². The van der Waals surface area contributed by atoms with Gasteiger partial charge in [-0.25, -0.2) is 23.4 Å². The number of carbonyl (C=O) groups is 1. The van der Waals surface area contributed by atoms with E-state index in [9.17, 15) is 9.18 Å². The van der Waals surface area contributed by atoms with E-state index in [4.69, 9.17) is 39.2 Å². The van der Waals surface area contributed by atoms with Crippen molar-refractivity contribution in [3.63, 3.8) is 0 Å². The van der Waals surface area contributed by atoms with E-state index in [-0.39, 0.29) is 30.6 Å². The van der Waals surface area contributed by atoms with Crippen molar-refractivity contribution in [1.29, 1.82) is 0 Å². The van der Waals surface area contributed by atoms with Crippen molar-refractivity contribution in [2.75, 3.05) is 81.8 Å². The maximum Gasteiger partial charge on any atom is 0.245 e. The van der Waals surface area contributed by atoms with Crippen LogP contribution in [0.2, 0.25) is 0 Å². The molecule has 5 aliphatic rings. The Morgan fingerprint density at radius 1 is 0.917 bits per heavy atom. The van der Waals surface area contributed by atoms with Crippen LogP contribution in [-0.4, -0.2) is 147 Å². The highest BCUT2D eigenvalue weighted by Crippen LogP contribution is 2.38. The Kier molecular flexibility index (Phi) is 8.86. The lowest BCUT2D eigenvalue weighted by atomic mass is 10.1. The van der Waals surface area contributed by atoms with Crippen LogP contribution < -0.4 is 19.9 Å². The lowest BCUT2D eigenvalue weighted by Gasteiger charge is -2.37. The van der Waals surface area contributed by atoms with Crippen molar-refractivity contribution in [2.45, 2.75) is 50.2 Å². The number of imidazole rings is 1. The van der Waals surface area contributed by atoms with Gasteiger partial charge in [0, 0.05) is 77.2 Å². The topological polar surface area (TPSA) is 144 Å². The largest absolute Gasteiger partial charge is 0.490 e. The summed E-state index contributed by atoms with van der Waals surface area (Å²) in [6, 6.07) is 12.1. The van der Waals surface area contributed by atoms with Crippen molar-refractivity contribution in [3.8, 4) is 22.7 Å². The minimum absolute atomic E-state index is 0.0144. The quantitative estimate of drug-likeness (QED) is 0.272. The number of carbonyl (C=O) groups excluding carboxylic acids is 1. The molecule has 0 spiro atoms. The highest BCUT2D eigenvalue weighted by atomic mass is 19.1. The number of benzene rings is 2. The van der Waals surface area contributed by atoms with Gasteiger partial charge in [-0.15, -0.1) is 0 Å². The van der Waals surface area contributed by atoms with Gasteiger partial charge in [-0.05, 0) is 43.7 Å². The Morgan fingerprint density at radius 2 is 1.82 bits per heavy atom. The number of halogens is 2. The average molecular weight is 819 g/mol. The van der Waals surface area contributed by atoms with E-state index in [1.807, 2.05) is 29.7 Å². The van der Waals surface area contributed by atoms with Crippen molar-refractivity contribution in [3.05, 3.63) is 72.2 Å². The van der Waals surface area contributed by atoms with Gasteiger partial charge in [0.1, 0.15) is 53.2 Å². The van der Waals surface area contributed by atoms with Crippen molar-refractivity contribution in [1.82, 2.24) is 44.1 Å². The van der Waals surface area contributed by atoms with E-state index in [1.54, 1.807) is 36.0 Å². The zero-order valence-corrected chi connectivity index (χ0v) is 33.5. The molecule has 60 heavy (non-hydrogen) atoms. The third-order valence-electron chi connectivity index (χ3n) is 12.7. The first-order valence-corrected chi connectivity index (χ1v) is 20.4. The number of methoxy groups -OCH3 is 1. The second-order valence-electron chi connectivity index (χ2n) is 16.4. The van der Waals surface area contributed by atoms with Gasteiger partial charge in [-0.2, -0.15) is 15.1 Å². The van der Waals surface area contributed by atoms with E-state index in [0.717, 1.165) is 18.6 Å². The van der Waals surface area contributed by atoms with Crippen LogP contribution in [0.15, 0.2) is 54.7 Å². The van der Waals surface area contributed by atoms with Gasteiger partial charge in [0.15, 0.2) is 5.65 Å². The summed E-state index contributed by atoms with van der Waals surface area (Å²) >= 11 is 0. The van der Waals surface area contributed by atoms with Crippen LogP contribution in [0.1, 0.15) is 12.2 Å². The number of hydrogen-bond acceptors (Lipinski definition) is 13. The molecule has 6 atom stereocenters. The Morgan fingerprint density at radius 3 is 2.70 bits per heavy atom. The summed E-state index contributed by atoms with van der Waals surface area (Å²) in [5.74, 6) is 1.75. The molecule has 1 N–H and O–H groups in total. The van der Waals surface area contributed by atoms with Gasteiger partial charge in [0.25, 0.3) is 0 Å². The lowest BCUT2D eigenvalue weighted by molar-refractivity contribution is -0.132. The molecule has 9 heterocycles. The van der Waals surface area contributed by atoms with Crippen LogP contribution in [0.3, 0.4) is 0 Å². The fourth-order valence-electron chi connectivity index (χ4n) is 9.78. The molecule has 5 aliphatic heterocycles. The number of ether oxygens (including phenoxy) is 3. The molecule has 0 aliphatic carbocycles. The highest BCUT2D eigenvalue weighted by Gasteiger charge is 2.44. The van der Waals surface area contributed by atoms with Crippen LogP contribution in [-0.2, 0) is 20.8 Å². The molecule has 8 bridgehead atoms. The second kappa shape index (κ2) is 14.3. The fourth-order valence-corrected chi connectivity index (χ4v) is 9.78. The van der Waals surface area contributed by atoms with Crippen LogP contribution in [0.5, 0.6) is 5.75 Å². The molecule has 310 valence electrons. The van der Waals surface area contributed by atoms with Crippen LogP contribution in [0, 0.1) is 18.6 Å². The summed E-state index contributed by atoms with van der Waals surface area (Å²) in [5, 5.41) is 9.07. The molecule has 3 saturated heterocycles. The standard InChI is InChI=1S/C42H44F2N12O4/c1-23-46-31-14-25(44)13-28-30-5-4-6-37(48-30)47-26-16-33(41(57)51(2)19-27(58-3)20-54(23)38(28)31)55(18-26)39-29-17-45-56-32-8-7-24(43)15-35(32)59-11-9-52-21-34-36(22-52)60-12-10-53(34)42(49-39)50-40(29)56/h4-8,13-15,17,26-27,33-34,36H,9-12,16,18-22H2,1-3H3,(H,47,48)/t26-,27-,33-,34-,36+/m0/s1. The molecule has 1 amide bonds. The molecule has 18 heteroatoms. The molecule has 0 saturated carbocycles. The molecule has 1 unspecified atom stereocenters. The molecule has 2 aromatic carbocycles. The summed E-state index contributed by atoms with van der Waals surface area (Å²) in [6.07, 6.45) is 1.66. The third kappa shape index (κ3) is 6.18. The fraction of sp³-hybridized carbons (Fsp3) is 0.429. The number of nitrogens with zero attached hydrogens (tertiary/aromatic N) is 11. The molecule has 3 fully saturated rings. The maximum atomic E-state index is 15.2. The zero-order chi connectivity index (χ0) is 40.8. The van der Waals surface area contributed by atoms with E-state index in [0.29, 0.717) is 108 Å². The van der Waals surface area contributed by atoms with Crippen LogP contribution in [0.4, 0.5) is 26.4 Å². The number of aryl methyl sites for hydroxylation is 1. The first-order chi connectivity index (χ1) is 29.2. The maximum absolute atomic E-state index is 15.2. The average Bonchev–Trinajstić information content (AvgIpc) is 4.03. The van der Waals surface area contributed by atoms with Gasteiger partial charge in [-0.3, -0.25) is 9.69 Å². The number of amides is 1. The smallest absolute Gasteiger partial charge is 0.245 e. The van der Waals surface area contributed by atoms with E-state index in [2.05, 4.69) is 20.0 Å². The van der Waals surface area contributed by atoms with Gasteiger partial charge in [0.05, 0.1) is 59.7 Å². The lowest BCUT2D eigenvalue weighted by Crippen LogP contribution is -2.52. The van der Waals surface area contributed by atoms with Crippen molar-refractivity contribution in [2.24, 2.45) is 0 Å². The SMILES string of the molecule is CO[C@H]1CN(C)C(=O)[C@@H]2C[C@@H](CN2c2nc3nc4c2cnn4-c2ccc(F)cc2OCCN2C[C@H]4OCCN3[C@H]4C2)Nc2cccc(n2)-c2cc(F)cc3nc(C)n(c23)C1. The number of rotatable bonds is 2. The number of pyridine rings is 1. The predicted octanol–water partition coefficient (Wildman–Crippen LogP) is 3.64.